The number of para-hydroxylation sites is 1. The van der Waals surface area contributed by atoms with E-state index < -0.39 is 45.9 Å². The summed E-state index contributed by atoms with van der Waals surface area (Å²) in [7, 11) is -14.9. The first kappa shape index (κ1) is 93.1. The van der Waals surface area contributed by atoms with Crippen LogP contribution in [0.4, 0.5) is 27.1 Å². The number of ether oxygens (including phenoxy) is 4. The Balaban J connectivity index is 0.000000143. The first-order valence-corrected chi connectivity index (χ1v) is 49.8. The van der Waals surface area contributed by atoms with Crippen molar-refractivity contribution in [3.05, 3.63) is 217 Å². The van der Waals surface area contributed by atoms with E-state index in [1.165, 1.54) is 32.9 Å². The highest BCUT2D eigenvalue weighted by Crippen LogP contribution is 2.37. The summed E-state index contributed by atoms with van der Waals surface area (Å²) in [6.45, 7) is 35.3. The monoisotopic (exact) mass is 1780 g/mol. The van der Waals surface area contributed by atoms with E-state index >= 15 is 0 Å². The van der Waals surface area contributed by atoms with Crippen molar-refractivity contribution in [3.63, 3.8) is 0 Å². The third-order valence-corrected chi connectivity index (χ3v) is 30.8. The van der Waals surface area contributed by atoms with Crippen molar-refractivity contribution in [3.8, 4) is 0 Å². The van der Waals surface area contributed by atoms with E-state index in [-0.39, 0.29) is 28.6 Å². The predicted octanol–water partition coefficient (Wildman–Crippen LogP) is 18.6. The highest BCUT2D eigenvalue weighted by Gasteiger charge is 2.33. The Labute approximate surface area is 738 Å². The number of aryl methyl sites for hydroxylation is 3. The molecular weight excluding hydrogens is 1660 g/mol. The van der Waals surface area contributed by atoms with Gasteiger partial charge < -0.3 is 18.9 Å². The third-order valence-electron chi connectivity index (χ3n) is 23.7. The molecule has 4 fully saturated rings. The van der Waals surface area contributed by atoms with E-state index in [2.05, 4.69) is 20.4 Å². The van der Waals surface area contributed by atoms with E-state index in [9.17, 15) is 38.1 Å². The standard InChI is InChI=1S/C25H33N3O3S.2C24H31N3O3S.C23H28FN3O3S/c1-18(2)16-28(24-7-5-6-19(3)20(24)4)32(29,30)23-8-9-25-22(14-23)15-26-27(25)17-21-10-12-31-13-11-21;1-18(2)16-27(22-6-4-5-19(3)13-22)31(28,29)23-7-8-24-21(14-23)15-25-26(24)17-20-9-11-30-12-10-20;1-18(2)16-27(23-7-5-4-6-19(23)3)31(28,29)22-8-9-24-21(14-22)15-25-26(24)17-20-10-12-30-13-11-20;1-17(2)15-27(21-5-3-20(24)4-6-21)31(28,29)22-7-8-23-19(13-22)14-25-26(23)16-18-9-11-30-12-10-18/h5-9,14-15,18,21H,10-13,16-17H2,1-4H3;4-8,13-15,18,20H,9-12,16-17H2,1-3H3;4-9,14-15,18,20H,10-13,16-17H2,1-3H3;3-8,13-14,17-18H,9-12,15-16H2,1-2H3. The smallest absolute Gasteiger partial charge is 0.264 e. The van der Waals surface area contributed by atoms with Gasteiger partial charge in [-0.1, -0.05) is 97.9 Å². The van der Waals surface area contributed by atoms with Crippen LogP contribution in [0.3, 0.4) is 0 Å². The summed E-state index contributed by atoms with van der Waals surface area (Å²) in [5.74, 6) is 2.43. The molecule has 4 saturated heterocycles. The van der Waals surface area contributed by atoms with Crippen LogP contribution in [0.2, 0.25) is 0 Å². The zero-order valence-corrected chi connectivity index (χ0v) is 77.5. The van der Waals surface area contributed by atoms with Crippen LogP contribution in [-0.2, 0) is 85.2 Å². The molecule has 0 radical (unpaired) electrons. The minimum atomic E-state index is -3.81. The molecular formula is C96H123FN12O12S4. The lowest BCUT2D eigenvalue weighted by molar-refractivity contribution is 0.0604. The van der Waals surface area contributed by atoms with Crippen molar-refractivity contribution in [1.29, 1.82) is 0 Å². The molecule has 4 aliphatic rings. The zero-order chi connectivity index (χ0) is 88.9. The number of halogens is 1. The highest BCUT2D eigenvalue weighted by atomic mass is 32.2. The Bertz CT molecular complexity index is 6110. The molecule has 8 aromatic carbocycles. The number of fused-ring (bicyclic) bond motifs is 4. The molecule has 24 nitrogen and oxygen atoms in total. The Morgan fingerprint density at radius 2 is 0.632 bits per heavy atom. The summed E-state index contributed by atoms with van der Waals surface area (Å²) in [5, 5.41) is 21.5. The van der Waals surface area contributed by atoms with Crippen molar-refractivity contribution in [2.45, 2.75) is 180 Å². The van der Waals surface area contributed by atoms with Crippen molar-refractivity contribution < 1.29 is 57.0 Å². The SMILES string of the molecule is CC(C)CN(c1ccc(F)cc1)S(=O)(=O)c1ccc2c(cnn2CC2CCOCC2)c1.Cc1cccc(N(CC(C)C)S(=O)(=O)c2ccc3c(cnn3CC3CCOCC3)c2)c1.Cc1cccc(N(CC(C)C)S(=O)(=O)c2ccc3c(cnn3CC3CCOCC3)c2)c1C.Cc1ccccc1N(CC(C)C)S(=O)(=O)c1ccc2c(cnn2CC2CCOCC2)c1. The van der Waals surface area contributed by atoms with E-state index in [1.807, 2.05) is 193 Å². The fourth-order valence-corrected chi connectivity index (χ4v) is 23.4. The van der Waals surface area contributed by atoms with Gasteiger partial charge in [-0.05, 0) is 270 Å². The quantitative estimate of drug-likeness (QED) is 0.0441. The Morgan fingerprint density at radius 1 is 0.336 bits per heavy atom. The predicted molar refractivity (Wildman–Crippen MR) is 495 cm³/mol. The maximum Gasteiger partial charge on any atom is 0.264 e. The highest BCUT2D eigenvalue weighted by molar-refractivity contribution is 7.93. The van der Waals surface area contributed by atoms with Crippen LogP contribution >= 0.6 is 0 Å². The van der Waals surface area contributed by atoms with Gasteiger partial charge in [0.25, 0.3) is 40.1 Å². The molecule has 4 aliphatic heterocycles. The van der Waals surface area contributed by atoms with Gasteiger partial charge in [-0.3, -0.25) is 35.9 Å². The average molecular weight is 1780 g/mol. The van der Waals surface area contributed by atoms with Crippen molar-refractivity contribution in [2.75, 3.05) is 96.3 Å². The molecule has 0 unspecified atom stereocenters. The van der Waals surface area contributed by atoms with Gasteiger partial charge >= 0.3 is 0 Å². The van der Waals surface area contributed by atoms with Crippen LogP contribution in [0.5, 0.6) is 0 Å². The summed E-state index contributed by atoms with van der Waals surface area (Å²) in [4.78, 5) is 1.11. The molecule has 29 heteroatoms. The number of hydrogen-bond acceptors (Lipinski definition) is 16. The molecule has 0 spiro atoms. The topological polar surface area (TPSA) is 258 Å². The Hall–Kier alpha value is -9.59. The minimum Gasteiger partial charge on any atom is -0.381 e. The van der Waals surface area contributed by atoms with Gasteiger partial charge in [-0.15, -0.1) is 0 Å². The van der Waals surface area contributed by atoms with Gasteiger partial charge in [0, 0.05) is 127 Å². The molecule has 8 heterocycles. The van der Waals surface area contributed by atoms with E-state index in [0.29, 0.717) is 75.9 Å². The van der Waals surface area contributed by atoms with Gasteiger partial charge in [0.1, 0.15) is 5.82 Å². The average Bonchev–Trinajstić information content (AvgIpc) is 1.77. The third kappa shape index (κ3) is 22.9. The van der Waals surface area contributed by atoms with Gasteiger partial charge in [0.05, 0.1) is 89.2 Å². The zero-order valence-electron chi connectivity index (χ0n) is 74.3. The van der Waals surface area contributed by atoms with E-state index in [1.54, 1.807) is 81.9 Å². The Morgan fingerprint density at radius 3 is 0.968 bits per heavy atom. The molecule has 0 bridgehead atoms. The lowest BCUT2D eigenvalue weighted by Crippen LogP contribution is -2.35. The van der Waals surface area contributed by atoms with E-state index in [4.69, 9.17) is 18.9 Å². The molecule has 0 saturated carbocycles. The summed E-state index contributed by atoms with van der Waals surface area (Å²) >= 11 is 0. The van der Waals surface area contributed by atoms with Gasteiger partial charge in [-0.2, -0.15) is 20.4 Å². The number of rotatable bonds is 28. The second-order valence-corrected chi connectivity index (χ2v) is 42.9. The first-order chi connectivity index (χ1) is 59.8. The van der Waals surface area contributed by atoms with Gasteiger partial charge in [-0.25, -0.2) is 38.1 Å². The molecule has 0 N–H and O–H groups in total. The summed E-state index contributed by atoms with van der Waals surface area (Å²) < 4.78 is 158. The minimum absolute atomic E-state index is 0.103. The fraction of sp³-hybridized carbons (Fsp3) is 0.458. The number of benzene rings is 8. The summed E-state index contributed by atoms with van der Waals surface area (Å²) in [6.07, 6.45) is 15.3. The molecule has 16 rings (SSSR count). The maximum atomic E-state index is 13.8. The van der Waals surface area contributed by atoms with Crippen LogP contribution < -0.4 is 17.2 Å². The van der Waals surface area contributed by atoms with Gasteiger partial charge in [0.2, 0.25) is 0 Å². The lowest BCUT2D eigenvalue weighted by Gasteiger charge is -2.28. The van der Waals surface area contributed by atoms with Crippen molar-refractivity contribution >= 4 is 106 Å². The van der Waals surface area contributed by atoms with Crippen LogP contribution in [0.15, 0.2) is 208 Å². The second-order valence-electron chi connectivity index (χ2n) is 35.5. The van der Waals surface area contributed by atoms with Crippen LogP contribution in [0.1, 0.15) is 129 Å². The van der Waals surface area contributed by atoms with Crippen LogP contribution in [0.25, 0.3) is 43.6 Å². The number of hydrogen-bond donors (Lipinski definition) is 0. The summed E-state index contributed by atoms with van der Waals surface area (Å²) in [5.41, 5.74) is 10.5. The fourth-order valence-electron chi connectivity index (χ4n) is 16.6. The molecule has 670 valence electrons. The molecule has 125 heavy (non-hydrogen) atoms. The number of aromatic nitrogens is 8. The number of anilines is 4. The molecule has 0 aliphatic carbocycles. The largest absolute Gasteiger partial charge is 0.381 e. The molecule has 0 atom stereocenters. The maximum absolute atomic E-state index is 13.8. The molecule has 0 amide bonds. The second kappa shape index (κ2) is 41.5. The number of nitrogens with zero attached hydrogens (tertiary/aromatic N) is 12. The van der Waals surface area contributed by atoms with Crippen molar-refractivity contribution in [1.82, 2.24) is 39.1 Å². The molecule has 4 aromatic heterocycles. The van der Waals surface area contributed by atoms with E-state index in [0.717, 1.165) is 208 Å². The number of sulfonamides is 4. The normalized spacial score (nSPS) is 15.6. The lowest BCUT2D eigenvalue weighted by atomic mass is 10.0. The van der Waals surface area contributed by atoms with Crippen LogP contribution in [0, 0.1) is 80.9 Å². The van der Waals surface area contributed by atoms with Crippen molar-refractivity contribution in [2.24, 2.45) is 47.3 Å². The van der Waals surface area contributed by atoms with Crippen LogP contribution in [-0.4, -0.2) is 152 Å². The Kier molecular flexibility index (Phi) is 30.9. The molecule has 12 aromatic rings. The van der Waals surface area contributed by atoms with Gasteiger partial charge in [0.15, 0.2) is 0 Å². The first-order valence-electron chi connectivity index (χ1n) is 44.0. The summed E-state index contributed by atoms with van der Waals surface area (Å²) in [6, 6.07) is 47.9.